The maximum absolute atomic E-state index is 9.95. The maximum atomic E-state index is 9.95. The summed E-state index contributed by atoms with van der Waals surface area (Å²) in [5.74, 6) is 0. The van der Waals surface area contributed by atoms with Gasteiger partial charge in [0.15, 0.2) is 0 Å². The van der Waals surface area contributed by atoms with Gasteiger partial charge in [0.05, 0.1) is 2.74 Å². The summed E-state index contributed by atoms with van der Waals surface area (Å²) in [5.41, 5.74) is 0. The van der Waals surface area contributed by atoms with Gasteiger partial charge in [-0.25, -0.2) is 0 Å². The van der Waals surface area contributed by atoms with Gasteiger partial charge >= 0.3 is 0 Å². The van der Waals surface area contributed by atoms with Gasteiger partial charge < -0.3 is 4.79 Å². The molecule has 0 saturated carbocycles. The number of hydrogen-bond acceptors (Lipinski definition) is 1. The molecule has 0 heterocycles. The molecule has 0 aromatic carbocycles. The molecular weight excluding hydrogens is 136 g/mol. The average molecular weight is 154 g/mol. The highest BCUT2D eigenvalue weighted by atomic mass is 16.1. The minimum absolute atomic E-state index is 0.260. The first-order valence-electron chi connectivity index (χ1n) is 4.92. The predicted octanol–water partition coefficient (Wildman–Crippen LogP) is 2.88. The van der Waals surface area contributed by atoms with Crippen LogP contribution in [0.5, 0.6) is 0 Å². The Kier molecular flexibility index (Phi) is 5.69. The topological polar surface area (TPSA) is 17.1 Å². The highest BCUT2D eigenvalue weighted by Gasteiger charge is 1.82. The molecule has 0 N–H and O–H groups in total. The summed E-state index contributed by atoms with van der Waals surface area (Å²) in [4.78, 5) is 9.95. The zero-order chi connectivity index (χ0) is 10.1. The Morgan fingerprint density at radius 2 is 2.09 bits per heavy atom. The highest BCUT2D eigenvalue weighted by molar-refractivity contribution is 5.48. The average Bonchev–Trinajstić information content (AvgIpc) is 2.10. The van der Waals surface area contributed by atoms with Crippen LogP contribution in [0.25, 0.3) is 0 Å². The lowest BCUT2D eigenvalue weighted by Gasteiger charge is -1.88. The van der Waals surface area contributed by atoms with Crippen LogP contribution in [0.15, 0.2) is 24.3 Å². The molecular formula is C10H16O. The Balaban J connectivity index is 3.53. The highest BCUT2D eigenvalue weighted by Crippen LogP contribution is 1.98. The Morgan fingerprint density at radius 1 is 1.36 bits per heavy atom. The number of aldehydes is 1. The van der Waals surface area contributed by atoms with Crippen LogP contribution in [0.2, 0.25) is 0 Å². The quantitative estimate of drug-likeness (QED) is 0.326. The van der Waals surface area contributed by atoms with Crippen LogP contribution >= 0.6 is 0 Å². The fraction of sp³-hybridized carbons (Fsp3) is 0.500. The molecule has 11 heavy (non-hydrogen) atoms. The fourth-order valence-electron chi connectivity index (χ4n) is 0.715. The van der Waals surface area contributed by atoms with Crippen molar-refractivity contribution < 1.29 is 7.54 Å². The minimum Gasteiger partial charge on any atom is -0.303 e. The molecule has 0 aliphatic rings. The van der Waals surface area contributed by atoms with Gasteiger partial charge in [0.2, 0.25) is 0 Å². The number of rotatable bonds is 6. The summed E-state index contributed by atoms with van der Waals surface area (Å²) in [6.07, 6.45) is 7.82. The Morgan fingerprint density at radius 3 is 2.73 bits per heavy atom. The molecule has 0 aromatic heterocycles. The van der Waals surface area contributed by atoms with Crippen molar-refractivity contribution in [3.05, 3.63) is 24.3 Å². The molecule has 0 atom stereocenters. The van der Waals surface area contributed by atoms with E-state index in [0.717, 1.165) is 25.5 Å². The zero-order valence-electron chi connectivity index (χ0n) is 8.97. The summed E-state index contributed by atoms with van der Waals surface area (Å²) in [5, 5.41) is 0. The molecule has 0 unspecified atom stereocenters. The van der Waals surface area contributed by atoms with Crippen LogP contribution in [-0.4, -0.2) is 6.29 Å². The van der Waals surface area contributed by atoms with Crippen LogP contribution in [0.4, 0.5) is 0 Å². The molecule has 0 amide bonds. The van der Waals surface area contributed by atoms with Crippen molar-refractivity contribution >= 4 is 6.29 Å². The number of unbranched alkanes of at least 4 members (excludes halogenated alkanes) is 3. The van der Waals surface area contributed by atoms with E-state index in [9.17, 15) is 4.79 Å². The van der Waals surface area contributed by atoms with Gasteiger partial charge in [0.25, 0.3) is 0 Å². The summed E-state index contributed by atoms with van der Waals surface area (Å²) >= 11 is 0. The van der Waals surface area contributed by atoms with E-state index in [1.807, 2.05) is 6.08 Å². The lowest BCUT2D eigenvalue weighted by atomic mass is 10.2. The SMILES string of the molecule is [2H]/C(C)=C([2H])\C=C\CCCCC=O. The van der Waals surface area contributed by atoms with Gasteiger partial charge in [0, 0.05) is 6.42 Å². The first-order valence-corrected chi connectivity index (χ1v) is 3.92. The Hall–Kier alpha value is -0.850. The van der Waals surface area contributed by atoms with Crippen molar-refractivity contribution in [1.29, 1.82) is 0 Å². The van der Waals surface area contributed by atoms with E-state index in [1.165, 1.54) is 0 Å². The van der Waals surface area contributed by atoms with Gasteiger partial charge in [-0.05, 0) is 26.2 Å². The van der Waals surface area contributed by atoms with Crippen LogP contribution in [0, 0.1) is 0 Å². The third-order valence-corrected chi connectivity index (χ3v) is 1.29. The van der Waals surface area contributed by atoms with Crippen molar-refractivity contribution in [1.82, 2.24) is 0 Å². The van der Waals surface area contributed by atoms with E-state index in [0.29, 0.717) is 6.42 Å². The van der Waals surface area contributed by atoms with E-state index < -0.39 is 0 Å². The molecule has 0 rings (SSSR count). The molecule has 0 aliphatic carbocycles. The molecule has 0 saturated heterocycles. The number of hydrogen-bond donors (Lipinski definition) is 0. The molecule has 0 aromatic rings. The van der Waals surface area contributed by atoms with Crippen LogP contribution in [0.3, 0.4) is 0 Å². The molecule has 0 fully saturated rings. The van der Waals surface area contributed by atoms with E-state index in [2.05, 4.69) is 0 Å². The zero-order valence-corrected chi connectivity index (χ0v) is 6.97. The van der Waals surface area contributed by atoms with Gasteiger partial charge in [0.1, 0.15) is 6.29 Å². The molecule has 1 nitrogen and oxygen atoms in total. The third kappa shape index (κ3) is 9.15. The van der Waals surface area contributed by atoms with Crippen molar-refractivity contribution in [2.45, 2.75) is 32.6 Å². The molecule has 0 spiro atoms. The molecule has 0 aliphatic heterocycles. The first-order chi connectivity index (χ1) is 6.18. The van der Waals surface area contributed by atoms with E-state index in [4.69, 9.17) is 2.74 Å². The van der Waals surface area contributed by atoms with Crippen molar-refractivity contribution in [2.75, 3.05) is 0 Å². The van der Waals surface area contributed by atoms with Gasteiger partial charge in [-0.2, -0.15) is 0 Å². The molecule has 0 radical (unpaired) electrons. The van der Waals surface area contributed by atoms with Gasteiger partial charge in [-0.15, -0.1) is 0 Å². The van der Waals surface area contributed by atoms with Crippen LogP contribution < -0.4 is 0 Å². The summed E-state index contributed by atoms with van der Waals surface area (Å²) in [6, 6.07) is 0.541. The van der Waals surface area contributed by atoms with E-state index in [1.54, 1.807) is 13.0 Å². The molecule has 62 valence electrons. The lowest BCUT2D eigenvalue weighted by molar-refractivity contribution is -0.107. The standard InChI is InChI=1S/C10H16O/c1-2-3-4-5-6-7-8-9-10-11/h2-5,10H,6-9H2,1H3/b3-2+,5-4+/i2D,3D. The molecule has 0 bridgehead atoms. The first kappa shape index (κ1) is 6.84. The Labute approximate surface area is 71.6 Å². The second-order valence-electron chi connectivity index (χ2n) is 2.25. The normalized spacial score (nSPS) is 15.7. The second kappa shape index (κ2) is 9.15. The predicted molar refractivity (Wildman–Crippen MR) is 48.5 cm³/mol. The van der Waals surface area contributed by atoms with Gasteiger partial charge in [-0.3, -0.25) is 0 Å². The maximum Gasteiger partial charge on any atom is 0.119 e. The molecule has 1 heteroatoms. The van der Waals surface area contributed by atoms with E-state index >= 15 is 0 Å². The smallest absolute Gasteiger partial charge is 0.119 e. The van der Waals surface area contributed by atoms with Crippen molar-refractivity contribution in [3.63, 3.8) is 0 Å². The third-order valence-electron chi connectivity index (χ3n) is 1.29. The van der Waals surface area contributed by atoms with Crippen molar-refractivity contribution in [3.8, 4) is 0 Å². The second-order valence-corrected chi connectivity index (χ2v) is 2.25. The largest absolute Gasteiger partial charge is 0.303 e. The summed E-state index contributed by atoms with van der Waals surface area (Å²) in [7, 11) is 0. The summed E-state index contributed by atoms with van der Waals surface area (Å²) in [6.45, 7) is 1.60. The monoisotopic (exact) mass is 154 g/mol. The van der Waals surface area contributed by atoms with Gasteiger partial charge in [-0.1, -0.05) is 24.3 Å². The Bertz CT molecular complexity index is 203. The summed E-state index contributed by atoms with van der Waals surface area (Å²) < 4.78 is 14.4. The van der Waals surface area contributed by atoms with Crippen molar-refractivity contribution in [2.24, 2.45) is 0 Å². The number of allylic oxidation sites excluding steroid dienone is 4. The fourth-order valence-corrected chi connectivity index (χ4v) is 0.715. The number of carbonyl (C=O) groups is 1. The lowest BCUT2D eigenvalue weighted by Crippen LogP contribution is -1.75. The minimum atomic E-state index is 0.260. The number of carbonyl (C=O) groups excluding carboxylic acids is 1. The van der Waals surface area contributed by atoms with Crippen LogP contribution in [-0.2, 0) is 4.79 Å². The van der Waals surface area contributed by atoms with E-state index in [-0.39, 0.29) is 12.1 Å². The van der Waals surface area contributed by atoms with Crippen LogP contribution in [0.1, 0.15) is 35.3 Å².